The summed E-state index contributed by atoms with van der Waals surface area (Å²) in [5, 5.41) is 0. The largest absolute Gasteiger partial charge is 0.494 e. The van der Waals surface area contributed by atoms with Gasteiger partial charge in [0.2, 0.25) is 0 Å². The maximum Gasteiger partial charge on any atom is 0.494 e. The molecule has 1 aliphatic carbocycles. The topological polar surface area (TPSA) is 70.8 Å². The summed E-state index contributed by atoms with van der Waals surface area (Å²) in [4.78, 5) is 11.5. The molecule has 130 valence electrons. The number of ether oxygens (including phenoxy) is 1. The molecule has 0 radical (unpaired) electrons. The van der Waals surface area contributed by atoms with Crippen LogP contribution in [-0.2, 0) is 14.1 Å². The number of carbonyl (C=O) groups excluding carboxylic acids is 1. The summed E-state index contributed by atoms with van der Waals surface area (Å²) in [6.45, 7) is 7.79. The Kier molecular flexibility index (Phi) is 4.12. The third-order valence-electron chi connectivity index (χ3n) is 5.07. The maximum atomic E-state index is 14.1. The van der Waals surface area contributed by atoms with Gasteiger partial charge in [-0.1, -0.05) is 6.07 Å². The van der Waals surface area contributed by atoms with Gasteiger partial charge in [0.15, 0.2) is 17.7 Å². The molecule has 0 aromatic heterocycles. The fourth-order valence-electron chi connectivity index (χ4n) is 2.66. The second-order valence-corrected chi connectivity index (χ2v) is 7.56. The van der Waals surface area contributed by atoms with Gasteiger partial charge >= 0.3 is 7.12 Å². The molecule has 1 amide bonds. The Morgan fingerprint density at radius 2 is 1.88 bits per heavy atom. The van der Waals surface area contributed by atoms with Crippen molar-refractivity contribution in [2.75, 3.05) is 0 Å². The molecule has 0 spiro atoms. The number of nitrogens with two attached hydrogens (primary N) is 1. The van der Waals surface area contributed by atoms with Crippen molar-refractivity contribution in [2.24, 2.45) is 11.7 Å². The van der Waals surface area contributed by atoms with Crippen molar-refractivity contribution in [1.29, 1.82) is 0 Å². The van der Waals surface area contributed by atoms with Crippen LogP contribution in [0.15, 0.2) is 18.2 Å². The summed E-state index contributed by atoms with van der Waals surface area (Å²) >= 11 is 0. The first-order chi connectivity index (χ1) is 11.1. The van der Waals surface area contributed by atoms with E-state index in [1.807, 2.05) is 27.7 Å². The summed E-state index contributed by atoms with van der Waals surface area (Å²) in [6.07, 6.45) is 0.936. The second-order valence-electron chi connectivity index (χ2n) is 7.56. The lowest BCUT2D eigenvalue weighted by molar-refractivity contribution is -0.125. The minimum absolute atomic E-state index is 0.00193. The number of hydrogen-bond acceptors (Lipinski definition) is 4. The predicted molar refractivity (Wildman–Crippen MR) is 88.5 cm³/mol. The van der Waals surface area contributed by atoms with Crippen molar-refractivity contribution in [2.45, 2.75) is 57.8 Å². The molecule has 2 fully saturated rings. The van der Waals surface area contributed by atoms with E-state index in [1.165, 1.54) is 12.1 Å². The Labute approximate surface area is 141 Å². The summed E-state index contributed by atoms with van der Waals surface area (Å²) in [5.41, 5.74) is 5.04. The van der Waals surface area contributed by atoms with Gasteiger partial charge in [0.05, 0.1) is 11.2 Å². The molecule has 1 saturated heterocycles. The molecule has 2 aliphatic rings. The Balaban J connectivity index is 1.83. The molecule has 2 N–H and O–H groups in total. The highest BCUT2D eigenvalue weighted by Gasteiger charge is 2.51. The van der Waals surface area contributed by atoms with Crippen LogP contribution in [0.1, 0.15) is 40.5 Å². The van der Waals surface area contributed by atoms with E-state index < -0.39 is 36.1 Å². The van der Waals surface area contributed by atoms with Crippen molar-refractivity contribution < 1.29 is 23.2 Å². The van der Waals surface area contributed by atoms with Crippen LogP contribution in [0, 0.1) is 11.7 Å². The number of primary amides is 1. The smallest absolute Gasteiger partial charge is 0.477 e. The standard InChI is InChI=1S/C17H23BFNO4/c1-16(2)17(3,4)24-18(23-16)11-7-8-12(19)13(9-11)22-14(15(20)21)10-5-6-10/h7-10,14H,5-6H2,1-4H3,(H2,20,21). The quantitative estimate of drug-likeness (QED) is 0.833. The molecule has 5 nitrogen and oxygen atoms in total. The zero-order valence-electron chi connectivity index (χ0n) is 14.5. The molecule has 1 heterocycles. The fraction of sp³-hybridized carbons (Fsp3) is 0.588. The van der Waals surface area contributed by atoms with Gasteiger partial charge in [-0.05, 0) is 58.1 Å². The maximum absolute atomic E-state index is 14.1. The summed E-state index contributed by atoms with van der Waals surface area (Å²) < 4.78 is 31.6. The van der Waals surface area contributed by atoms with Gasteiger partial charge in [0.25, 0.3) is 5.91 Å². The third kappa shape index (κ3) is 3.15. The van der Waals surface area contributed by atoms with E-state index in [4.69, 9.17) is 19.8 Å². The van der Waals surface area contributed by atoms with E-state index in [1.54, 1.807) is 6.07 Å². The Morgan fingerprint density at radius 3 is 2.38 bits per heavy atom. The van der Waals surface area contributed by atoms with E-state index >= 15 is 0 Å². The van der Waals surface area contributed by atoms with Crippen LogP contribution in [0.3, 0.4) is 0 Å². The molecular weight excluding hydrogens is 312 g/mol. The highest BCUT2D eigenvalue weighted by atomic mass is 19.1. The van der Waals surface area contributed by atoms with Gasteiger partial charge in [-0.2, -0.15) is 0 Å². The fourth-order valence-corrected chi connectivity index (χ4v) is 2.66. The number of amides is 1. The first-order valence-corrected chi connectivity index (χ1v) is 8.22. The molecule has 1 unspecified atom stereocenters. The molecule has 0 bridgehead atoms. The second kappa shape index (κ2) is 5.74. The number of carbonyl (C=O) groups is 1. The van der Waals surface area contributed by atoms with Crippen LogP contribution in [0.4, 0.5) is 4.39 Å². The van der Waals surface area contributed by atoms with Crippen LogP contribution in [0.2, 0.25) is 0 Å². The molecule has 1 aliphatic heterocycles. The van der Waals surface area contributed by atoms with Gasteiger partial charge in [-0.3, -0.25) is 4.79 Å². The zero-order chi connectivity index (χ0) is 17.7. The molecule has 3 rings (SSSR count). The minimum atomic E-state index is -0.798. The molecule has 1 atom stereocenters. The highest BCUT2D eigenvalue weighted by molar-refractivity contribution is 6.62. The summed E-state index contributed by atoms with van der Waals surface area (Å²) in [7, 11) is -0.620. The van der Waals surface area contributed by atoms with E-state index in [9.17, 15) is 9.18 Å². The molecule has 1 aromatic carbocycles. The van der Waals surface area contributed by atoms with Gasteiger partial charge in [-0.25, -0.2) is 4.39 Å². The normalized spacial score (nSPS) is 23.1. The first-order valence-electron chi connectivity index (χ1n) is 8.22. The van der Waals surface area contributed by atoms with Crippen LogP contribution in [0.25, 0.3) is 0 Å². The molecule has 7 heteroatoms. The van der Waals surface area contributed by atoms with Crippen LogP contribution >= 0.6 is 0 Å². The molecule has 24 heavy (non-hydrogen) atoms. The van der Waals surface area contributed by atoms with E-state index in [0.717, 1.165) is 12.8 Å². The SMILES string of the molecule is CC1(C)OB(c2ccc(F)c(OC(C(N)=O)C3CC3)c2)OC1(C)C. The van der Waals surface area contributed by atoms with E-state index in [2.05, 4.69) is 0 Å². The third-order valence-corrected chi connectivity index (χ3v) is 5.07. The van der Waals surface area contributed by atoms with E-state index in [-0.39, 0.29) is 11.7 Å². The Bertz CT molecular complexity index is 644. The number of halogens is 1. The minimum Gasteiger partial charge on any atom is -0.477 e. The van der Waals surface area contributed by atoms with Gasteiger partial charge in [0.1, 0.15) is 0 Å². The predicted octanol–water partition coefficient (Wildman–Crippen LogP) is 1.77. The molecule has 1 saturated carbocycles. The van der Waals surface area contributed by atoms with Gasteiger partial charge in [-0.15, -0.1) is 0 Å². The molecule has 1 aromatic rings. The van der Waals surface area contributed by atoms with Crippen LogP contribution < -0.4 is 15.9 Å². The zero-order valence-corrected chi connectivity index (χ0v) is 14.5. The van der Waals surface area contributed by atoms with Crippen molar-refractivity contribution in [1.82, 2.24) is 0 Å². The summed E-state index contributed by atoms with van der Waals surface area (Å²) in [6, 6.07) is 4.41. The van der Waals surface area contributed by atoms with Gasteiger partial charge < -0.3 is 19.8 Å². The number of hydrogen-bond donors (Lipinski definition) is 1. The van der Waals surface area contributed by atoms with Crippen molar-refractivity contribution in [3.05, 3.63) is 24.0 Å². The lowest BCUT2D eigenvalue weighted by Crippen LogP contribution is -2.41. The van der Waals surface area contributed by atoms with Crippen LogP contribution in [0.5, 0.6) is 5.75 Å². The van der Waals surface area contributed by atoms with Crippen LogP contribution in [-0.4, -0.2) is 30.3 Å². The lowest BCUT2D eigenvalue weighted by atomic mass is 9.79. The number of benzene rings is 1. The Hall–Kier alpha value is -1.60. The lowest BCUT2D eigenvalue weighted by Gasteiger charge is -2.32. The Morgan fingerprint density at radius 1 is 1.29 bits per heavy atom. The van der Waals surface area contributed by atoms with Gasteiger partial charge in [0, 0.05) is 5.92 Å². The summed E-state index contributed by atoms with van der Waals surface area (Å²) in [5.74, 6) is -1.04. The van der Waals surface area contributed by atoms with Crippen molar-refractivity contribution in [3.63, 3.8) is 0 Å². The van der Waals surface area contributed by atoms with Crippen molar-refractivity contribution in [3.8, 4) is 5.75 Å². The van der Waals surface area contributed by atoms with Crippen molar-refractivity contribution >= 4 is 18.5 Å². The average Bonchev–Trinajstić information content (AvgIpc) is 3.25. The monoisotopic (exact) mass is 335 g/mol. The number of rotatable bonds is 5. The molecular formula is C17H23BFNO4. The average molecular weight is 335 g/mol. The highest BCUT2D eigenvalue weighted by Crippen LogP contribution is 2.37. The first kappa shape index (κ1) is 17.2. The van der Waals surface area contributed by atoms with E-state index in [0.29, 0.717) is 5.46 Å².